The van der Waals surface area contributed by atoms with Gasteiger partial charge in [-0.05, 0) is 30.7 Å². The van der Waals surface area contributed by atoms with Crippen molar-refractivity contribution in [3.05, 3.63) is 34.9 Å². The number of hydrogen-bond acceptors (Lipinski definition) is 3. The number of methoxy groups -OCH3 is 1. The van der Waals surface area contributed by atoms with Crippen LogP contribution in [0.5, 0.6) is 0 Å². The molecule has 0 radical (unpaired) electrons. The first-order chi connectivity index (χ1) is 8.08. The normalized spacial score (nSPS) is 11.9. The summed E-state index contributed by atoms with van der Waals surface area (Å²) in [6.07, 6.45) is 0.727. The quantitative estimate of drug-likeness (QED) is 0.599. The highest BCUT2D eigenvalue weighted by Crippen LogP contribution is 2.18. The van der Waals surface area contributed by atoms with Crippen molar-refractivity contribution in [3.63, 3.8) is 0 Å². The molecule has 17 heavy (non-hydrogen) atoms. The Labute approximate surface area is 106 Å². The molecule has 0 aliphatic heterocycles. The van der Waals surface area contributed by atoms with Gasteiger partial charge in [0, 0.05) is 16.5 Å². The molecule has 0 N–H and O–H groups in total. The fraction of sp³-hybridized carbons (Fsp3) is 0.385. The molecule has 1 atom stereocenters. The van der Waals surface area contributed by atoms with E-state index in [4.69, 9.17) is 11.6 Å². The minimum Gasteiger partial charge on any atom is -0.469 e. The van der Waals surface area contributed by atoms with Gasteiger partial charge in [-0.15, -0.1) is 0 Å². The minimum absolute atomic E-state index is 0.0467. The lowest BCUT2D eigenvalue weighted by Gasteiger charge is -2.12. The molecular formula is C13H15ClO3. The molecule has 1 aromatic carbocycles. The summed E-state index contributed by atoms with van der Waals surface area (Å²) in [5.41, 5.74) is 0.574. The maximum Gasteiger partial charge on any atom is 0.306 e. The van der Waals surface area contributed by atoms with Crippen molar-refractivity contribution < 1.29 is 14.3 Å². The monoisotopic (exact) mass is 254 g/mol. The van der Waals surface area contributed by atoms with Gasteiger partial charge in [0.15, 0.2) is 5.78 Å². The zero-order chi connectivity index (χ0) is 12.8. The summed E-state index contributed by atoms with van der Waals surface area (Å²) in [4.78, 5) is 23.3. The molecule has 1 aromatic rings. The van der Waals surface area contributed by atoms with Crippen molar-refractivity contribution in [3.8, 4) is 0 Å². The van der Waals surface area contributed by atoms with Crippen LogP contribution in [0.1, 0.15) is 30.1 Å². The number of rotatable bonds is 5. The van der Waals surface area contributed by atoms with Crippen LogP contribution >= 0.6 is 11.6 Å². The van der Waals surface area contributed by atoms with Gasteiger partial charge in [-0.2, -0.15) is 0 Å². The van der Waals surface area contributed by atoms with E-state index in [2.05, 4.69) is 4.74 Å². The Morgan fingerprint density at radius 1 is 1.29 bits per heavy atom. The lowest BCUT2D eigenvalue weighted by molar-refractivity contribution is -0.141. The number of esters is 1. The summed E-state index contributed by atoms with van der Waals surface area (Å²) in [7, 11) is 1.32. The number of ketones is 1. The number of ether oxygens (including phenoxy) is 1. The van der Waals surface area contributed by atoms with Gasteiger partial charge >= 0.3 is 5.97 Å². The zero-order valence-corrected chi connectivity index (χ0v) is 10.7. The fourth-order valence-electron chi connectivity index (χ4n) is 1.56. The van der Waals surface area contributed by atoms with Gasteiger partial charge in [0.2, 0.25) is 0 Å². The smallest absolute Gasteiger partial charge is 0.306 e. The molecule has 0 fully saturated rings. The summed E-state index contributed by atoms with van der Waals surface area (Å²) in [5, 5.41) is 0.586. The Morgan fingerprint density at radius 3 is 2.35 bits per heavy atom. The number of Topliss-reactive ketones (excluding diaryl/α,β-unsaturated/α-hetero) is 1. The van der Waals surface area contributed by atoms with Crippen LogP contribution in [0.25, 0.3) is 0 Å². The molecule has 0 aliphatic rings. The maximum atomic E-state index is 12.1. The van der Waals surface area contributed by atoms with Gasteiger partial charge in [-0.3, -0.25) is 9.59 Å². The van der Waals surface area contributed by atoms with E-state index in [1.807, 2.05) is 6.92 Å². The molecule has 0 amide bonds. The predicted molar refractivity (Wildman–Crippen MR) is 66.2 cm³/mol. The van der Waals surface area contributed by atoms with Gasteiger partial charge < -0.3 is 4.74 Å². The lowest BCUT2D eigenvalue weighted by atomic mass is 9.92. The van der Waals surface area contributed by atoms with E-state index >= 15 is 0 Å². The number of benzene rings is 1. The fourth-order valence-corrected chi connectivity index (χ4v) is 1.68. The minimum atomic E-state index is -0.362. The molecule has 1 unspecified atom stereocenters. The highest BCUT2D eigenvalue weighted by Gasteiger charge is 2.21. The van der Waals surface area contributed by atoms with Crippen molar-refractivity contribution in [1.29, 1.82) is 0 Å². The van der Waals surface area contributed by atoms with Crippen LogP contribution in [0.2, 0.25) is 5.02 Å². The number of carbonyl (C=O) groups excluding carboxylic acids is 2. The Balaban J connectivity index is 2.78. The molecule has 0 spiro atoms. The molecule has 0 aliphatic carbocycles. The van der Waals surface area contributed by atoms with E-state index in [1.165, 1.54) is 7.11 Å². The Morgan fingerprint density at radius 2 is 1.88 bits per heavy atom. The SMILES string of the molecule is CCC(CC(=O)OC)C(=O)c1ccc(Cl)cc1. The summed E-state index contributed by atoms with van der Waals surface area (Å²) in [5.74, 6) is -0.739. The largest absolute Gasteiger partial charge is 0.469 e. The highest BCUT2D eigenvalue weighted by molar-refractivity contribution is 6.30. The molecule has 3 nitrogen and oxygen atoms in total. The van der Waals surface area contributed by atoms with Crippen LogP contribution in [0.3, 0.4) is 0 Å². The van der Waals surface area contributed by atoms with Crippen LogP contribution in [-0.2, 0) is 9.53 Å². The predicted octanol–water partition coefficient (Wildman–Crippen LogP) is 3.11. The lowest BCUT2D eigenvalue weighted by Crippen LogP contribution is -2.18. The first-order valence-corrected chi connectivity index (χ1v) is 5.82. The standard InChI is InChI=1S/C13H15ClO3/c1-3-9(8-12(15)17-2)13(16)10-4-6-11(14)7-5-10/h4-7,9H,3,8H2,1-2H3. The highest BCUT2D eigenvalue weighted by atomic mass is 35.5. The third-order valence-electron chi connectivity index (χ3n) is 2.63. The second-order valence-electron chi connectivity index (χ2n) is 3.76. The number of carbonyl (C=O) groups is 2. The molecular weight excluding hydrogens is 240 g/mol. The van der Waals surface area contributed by atoms with Crippen LogP contribution < -0.4 is 0 Å². The first kappa shape index (κ1) is 13.7. The van der Waals surface area contributed by atoms with Crippen LogP contribution in [0, 0.1) is 5.92 Å². The third-order valence-corrected chi connectivity index (χ3v) is 2.89. The van der Waals surface area contributed by atoms with Gasteiger partial charge in [0.25, 0.3) is 0 Å². The van der Waals surface area contributed by atoms with Crippen molar-refractivity contribution in [2.24, 2.45) is 5.92 Å². The van der Waals surface area contributed by atoms with Gasteiger partial charge in [0.05, 0.1) is 13.5 Å². The molecule has 0 heterocycles. The zero-order valence-electron chi connectivity index (χ0n) is 9.90. The van der Waals surface area contributed by atoms with E-state index in [0.717, 1.165) is 0 Å². The summed E-state index contributed by atoms with van der Waals surface area (Å²) in [6.45, 7) is 1.88. The summed E-state index contributed by atoms with van der Waals surface area (Å²) in [6, 6.07) is 6.68. The molecule has 1 rings (SSSR count). The van der Waals surface area contributed by atoms with E-state index in [1.54, 1.807) is 24.3 Å². The van der Waals surface area contributed by atoms with E-state index in [-0.39, 0.29) is 24.1 Å². The summed E-state index contributed by atoms with van der Waals surface area (Å²) < 4.78 is 4.58. The van der Waals surface area contributed by atoms with Crippen LogP contribution in [0.4, 0.5) is 0 Å². The average molecular weight is 255 g/mol. The van der Waals surface area contributed by atoms with Crippen molar-refractivity contribution >= 4 is 23.4 Å². The molecule has 0 bridgehead atoms. The maximum absolute atomic E-state index is 12.1. The second-order valence-corrected chi connectivity index (χ2v) is 4.19. The van der Waals surface area contributed by atoms with E-state index in [9.17, 15) is 9.59 Å². The summed E-state index contributed by atoms with van der Waals surface area (Å²) >= 11 is 5.75. The molecule has 92 valence electrons. The third kappa shape index (κ3) is 3.86. The van der Waals surface area contributed by atoms with Crippen molar-refractivity contribution in [2.45, 2.75) is 19.8 Å². The first-order valence-electron chi connectivity index (χ1n) is 5.45. The Hall–Kier alpha value is -1.35. The topological polar surface area (TPSA) is 43.4 Å². The number of halogens is 1. The van der Waals surface area contributed by atoms with Crippen LogP contribution in [0.15, 0.2) is 24.3 Å². The molecule has 0 saturated carbocycles. The van der Waals surface area contributed by atoms with Gasteiger partial charge in [0.1, 0.15) is 0 Å². The second kappa shape index (κ2) is 6.40. The Bertz CT molecular complexity index is 398. The van der Waals surface area contributed by atoms with Crippen molar-refractivity contribution in [2.75, 3.05) is 7.11 Å². The van der Waals surface area contributed by atoms with Gasteiger partial charge in [-0.1, -0.05) is 18.5 Å². The van der Waals surface area contributed by atoms with E-state index < -0.39 is 0 Å². The average Bonchev–Trinajstić information content (AvgIpc) is 2.35. The molecule has 0 aromatic heterocycles. The molecule has 4 heteroatoms. The molecule has 0 saturated heterocycles. The Kier molecular flexibility index (Phi) is 5.16. The van der Waals surface area contributed by atoms with E-state index in [0.29, 0.717) is 17.0 Å². The van der Waals surface area contributed by atoms with Crippen LogP contribution in [-0.4, -0.2) is 18.9 Å². The number of hydrogen-bond donors (Lipinski definition) is 0. The van der Waals surface area contributed by atoms with Crippen molar-refractivity contribution in [1.82, 2.24) is 0 Å². The van der Waals surface area contributed by atoms with Gasteiger partial charge in [-0.25, -0.2) is 0 Å².